The predicted molar refractivity (Wildman–Crippen MR) is 90.9 cm³/mol. The Balaban J connectivity index is 1.65. The van der Waals surface area contributed by atoms with E-state index in [4.69, 9.17) is 10.5 Å². The Morgan fingerprint density at radius 1 is 1.33 bits per heavy atom. The van der Waals surface area contributed by atoms with Gasteiger partial charge in [0.15, 0.2) is 0 Å². The Morgan fingerprint density at radius 2 is 2.10 bits per heavy atom. The Morgan fingerprint density at radius 3 is 2.76 bits per heavy atom. The molecule has 21 heavy (non-hydrogen) atoms. The first-order chi connectivity index (χ1) is 10.1. The van der Waals surface area contributed by atoms with Crippen molar-refractivity contribution in [2.75, 3.05) is 18.1 Å². The average Bonchev–Trinajstić information content (AvgIpc) is 2.85. The SMILES string of the molecule is Cc1cc(C)cc(CC(N)C2CCOC3(CCSC3)C2)c1. The van der Waals surface area contributed by atoms with Gasteiger partial charge in [-0.15, -0.1) is 0 Å². The summed E-state index contributed by atoms with van der Waals surface area (Å²) in [5.74, 6) is 3.02. The van der Waals surface area contributed by atoms with Crippen molar-refractivity contribution in [3.05, 3.63) is 34.9 Å². The minimum absolute atomic E-state index is 0.147. The molecule has 2 nitrogen and oxygen atoms in total. The van der Waals surface area contributed by atoms with E-state index < -0.39 is 0 Å². The summed E-state index contributed by atoms with van der Waals surface area (Å²) in [5, 5.41) is 0. The second kappa shape index (κ2) is 6.31. The Kier molecular flexibility index (Phi) is 4.63. The summed E-state index contributed by atoms with van der Waals surface area (Å²) in [6.45, 7) is 5.23. The molecule has 0 bridgehead atoms. The van der Waals surface area contributed by atoms with Crippen LogP contribution in [0.1, 0.15) is 36.0 Å². The maximum atomic E-state index is 6.57. The summed E-state index contributed by atoms with van der Waals surface area (Å²) >= 11 is 2.04. The minimum atomic E-state index is 0.147. The van der Waals surface area contributed by atoms with Gasteiger partial charge in [0, 0.05) is 18.4 Å². The van der Waals surface area contributed by atoms with Crippen LogP contribution in [0.5, 0.6) is 0 Å². The zero-order valence-electron chi connectivity index (χ0n) is 13.2. The largest absolute Gasteiger partial charge is 0.374 e. The molecule has 1 aromatic carbocycles. The van der Waals surface area contributed by atoms with Crippen LogP contribution in [0.3, 0.4) is 0 Å². The number of rotatable bonds is 3. The molecule has 2 fully saturated rings. The third-order valence-electron chi connectivity index (χ3n) is 4.96. The third kappa shape index (κ3) is 3.64. The van der Waals surface area contributed by atoms with Crippen LogP contribution in [-0.2, 0) is 11.2 Å². The molecule has 2 saturated heterocycles. The molecule has 2 heterocycles. The second-order valence-corrected chi connectivity index (χ2v) is 8.06. The maximum Gasteiger partial charge on any atom is 0.0783 e. The van der Waals surface area contributed by atoms with Gasteiger partial charge < -0.3 is 10.5 Å². The van der Waals surface area contributed by atoms with Crippen molar-refractivity contribution in [3.63, 3.8) is 0 Å². The molecule has 3 atom stereocenters. The third-order valence-corrected chi connectivity index (χ3v) is 6.18. The number of thioether (sulfide) groups is 1. The molecule has 1 aromatic rings. The van der Waals surface area contributed by atoms with E-state index in [0.717, 1.165) is 25.9 Å². The summed E-state index contributed by atoms with van der Waals surface area (Å²) in [6.07, 6.45) is 4.49. The normalized spacial score (nSPS) is 30.7. The summed E-state index contributed by atoms with van der Waals surface area (Å²) in [4.78, 5) is 0. The number of aryl methyl sites for hydroxylation is 2. The lowest BCUT2D eigenvalue weighted by atomic mass is 9.79. The van der Waals surface area contributed by atoms with Gasteiger partial charge in [-0.05, 0) is 56.8 Å². The quantitative estimate of drug-likeness (QED) is 0.928. The highest BCUT2D eigenvalue weighted by molar-refractivity contribution is 7.99. The fourth-order valence-corrected chi connectivity index (χ4v) is 5.30. The zero-order chi connectivity index (χ0) is 14.9. The molecule has 3 rings (SSSR count). The fraction of sp³-hybridized carbons (Fsp3) is 0.667. The highest BCUT2D eigenvalue weighted by Gasteiger charge is 2.41. The molecule has 0 saturated carbocycles. The maximum absolute atomic E-state index is 6.57. The smallest absolute Gasteiger partial charge is 0.0783 e. The first-order valence-corrected chi connectivity index (χ1v) is 9.26. The Labute approximate surface area is 132 Å². The van der Waals surface area contributed by atoms with Crippen LogP contribution in [0.15, 0.2) is 18.2 Å². The van der Waals surface area contributed by atoms with Crippen LogP contribution in [0.25, 0.3) is 0 Å². The molecule has 1 spiro atoms. The molecule has 3 heteroatoms. The van der Waals surface area contributed by atoms with E-state index in [1.807, 2.05) is 11.8 Å². The van der Waals surface area contributed by atoms with Gasteiger partial charge in [-0.1, -0.05) is 29.3 Å². The monoisotopic (exact) mass is 305 g/mol. The van der Waals surface area contributed by atoms with Gasteiger partial charge in [0.2, 0.25) is 0 Å². The standard InChI is InChI=1S/C18H27NOS/c1-13-7-14(2)9-15(8-13)10-17(19)16-3-5-20-18(11-16)4-6-21-12-18/h7-9,16-17H,3-6,10-12,19H2,1-2H3. The van der Waals surface area contributed by atoms with E-state index in [1.54, 1.807) is 0 Å². The van der Waals surface area contributed by atoms with Gasteiger partial charge in [-0.2, -0.15) is 11.8 Å². The lowest BCUT2D eigenvalue weighted by molar-refractivity contribution is -0.0831. The highest BCUT2D eigenvalue weighted by atomic mass is 32.2. The zero-order valence-corrected chi connectivity index (χ0v) is 14.0. The van der Waals surface area contributed by atoms with E-state index >= 15 is 0 Å². The molecule has 2 N–H and O–H groups in total. The van der Waals surface area contributed by atoms with Crippen molar-refractivity contribution in [2.45, 2.75) is 51.2 Å². The summed E-state index contributed by atoms with van der Waals surface area (Å²) in [6, 6.07) is 7.06. The van der Waals surface area contributed by atoms with E-state index in [9.17, 15) is 0 Å². The fourth-order valence-electron chi connectivity index (χ4n) is 3.92. The summed E-state index contributed by atoms with van der Waals surface area (Å²) < 4.78 is 6.12. The van der Waals surface area contributed by atoms with Gasteiger partial charge in [0.1, 0.15) is 0 Å². The number of ether oxygens (including phenoxy) is 1. The average molecular weight is 305 g/mol. The number of nitrogens with two attached hydrogens (primary N) is 1. The molecule has 0 aliphatic carbocycles. The molecular formula is C18H27NOS. The van der Waals surface area contributed by atoms with Gasteiger partial charge in [0.05, 0.1) is 5.60 Å². The summed E-state index contributed by atoms with van der Waals surface area (Å²) in [5.41, 5.74) is 10.8. The number of hydrogen-bond acceptors (Lipinski definition) is 3. The predicted octanol–water partition coefficient (Wildman–Crippen LogP) is 3.48. The molecule has 2 aliphatic heterocycles. The Hall–Kier alpha value is -0.510. The molecule has 2 aliphatic rings. The molecule has 0 radical (unpaired) electrons. The molecular weight excluding hydrogens is 278 g/mol. The van der Waals surface area contributed by atoms with Crippen LogP contribution in [0.2, 0.25) is 0 Å². The van der Waals surface area contributed by atoms with Crippen molar-refractivity contribution in [1.82, 2.24) is 0 Å². The van der Waals surface area contributed by atoms with Crippen molar-refractivity contribution in [3.8, 4) is 0 Å². The van der Waals surface area contributed by atoms with E-state index in [1.165, 1.54) is 34.6 Å². The number of benzene rings is 1. The highest BCUT2D eigenvalue weighted by Crippen LogP contribution is 2.41. The van der Waals surface area contributed by atoms with Crippen molar-refractivity contribution in [2.24, 2.45) is 11.7 Å². The number of hydrogen-bond donors (Lipinski definition) is 1. The molecule has 0 aromatic heterocycles. The first-order valence-electron chi connectivity index (χ1n) is 8.11. The lowest BCUT2D eigenvalue weighted by Gasteiger charge is -2.40. The van der Waals surface area contributed by atoms with E-state index in [-0.39, 0.29) is 11.6 Å². The van der Waals surface area contributed by atoms with Gasteiger partial charge >= 0.3 is 0 Å². The molecule has 0 amide bonds. The summed E-state index contributed by atoms with van der Waals surface area (Å²) in [7, 11) is 0. The first kappa shape index (κ1) is 15.4. The second-order valence-electron chi connectivity index (χ2n) is 6.95. The lowest BCUT2D eigenvalue weighted by Crippen LogP contribution is -2.46. The van der Waals surface area contributed by atoms with Gasteiger partial charge in [-0.3, -0.25) is 0 Å². The Bertz CT molecular complexity index is 476. The van der Waals surface area contributed by atoms with Crippen molar-refractivity contribution < 1.29 is 4.74 Å². The van der Waals surface area contributed by atoms with Crippen LogP contribution < -0.4 is 5.73 Å². The molecule has 3 unspecified atom stereocenters. The van der Waals surface area contributed by atoms with Crippen LogP contribution in [0, 0.1) is 19.8 Å². The minimum Gasteiger partial charge on any atom is -0.374 e. The van der Waals surface area contributed by atoms with Gasteiger partial charge in [0.25, 0.3) is 0 Å². The topological polar surface area (TPSA) is 35.2 Å². The van der Waals surface area contributed by atoms with Crippen molar-refractivity contribution >= 4 is 11.8 Å². The van der Waals surface area contributed by atoms with Crippen molar-refractivity contribution in [1.29, 1.82) is 0 Å². The molecule has 116 valence electrons. The van der Waals surface area contributed by atoms with E-state index in [0.29, 0.717) is 5.92 Å². The van der Waals surface area contributed by atoms with E-state index in [2.05, 4.69) is 32.0 Å². The van der Waals surface area contributed by atoms with Crippen LogP contribution >= 0.6 is 11.8 Å². The van der Waals surface area contributed by atoms with Crippen LogP contribution in [-0.4, -0.2) is 29.8 Å². The van der Waals surface area contributed by atoms with Crippen LogP contribution in [0.4, 0.5) is 0 Å². The van der Waals surface area contributed by atoms with Gasteiger partial charge in [-0.25, -0.2) is 0 Å².